The Balaban J connectivity index is 0.00000161. The zero-order valence-electron chi connectivity index (χ0n) is 12.0. The van der Waals surface area contributed by atoms with Crippen molar-refractivity contribution in [3.05, 3.63) is 30.0 Å². The Morgan fingerprint density at radius 2 is 2.10 bits per heavy atom. The molecular formula is C15H20ClN3O2. The fraction of sp³-hybridized carbons (Fsp3) is 0.467. The van der Waals surface area contributed by atoms with Crippen molar-refractivity contribution in [1.82, 2.24) is 15.4 Å². The third-order valence-corrected chi connectivity index (χ3v) is 4.03. The zero-order chi connectivity index (χ0) is 13.9. The van der Waals surface area contributed by atoms with Crippen LogP contribution in [0.5, 0.6) is 0 Å². The van der Waals surface area contributed by atoms with Crippen LogP contribution in [0.3, 0.4) is 0 Å². The van der Waals surface area contributed by atoms with E-state index in [0.29, 0.717) is 12.5 Å². The number of carbonyl (C=O) groups excluding carboxylic acids is 1. The first kappa shape index (κ1) is 15.8. The van der Waals surface area contributed by atoms with E-state index in [9.17, 15) is 4.79 Å². The number of rotatable bonds is 3. The molecule has 0 unspecified atom stereocenters. The van der Waals surface area contributed by atoms with Crippen LogP contribution in [0.2, 0.25) is 0 Å². The van der Waals surface area contributed by atoms with E-state index < -0.39 is 0 Å². The maximum Gasteiger partial charge on any atom is 0.228 e. The van der Waals surface area contributed by atoms with Gasteiger partial charge < -0.3 is 14.7 Å². The van der Waals surface area contributed by atoms with Gasteiger partial charge in [-0.3, -0.25) is 4.79 Å². The SMILES string of the molecule is CNC1CCN(C(=O)Cc2noc3ccccc23)CC1.Cl. The summed E-state index contributed by atoms with van der Waals surface area (Å²) in [5.41, 5.74) is 1.48. The second-order valence-corrected chi connectivity index (χ2v) is 5.25. The van der Waals surface area contributed by atoms with Crippen LogP contribution in [0.25, 0.3) is 11.0 Å². The summed E-state index contributed by atoms with van der Waals surface area (Å²) in [5, 5.41) is 8.23. The van der Waals surface area contributed by atoms with Gasteiger partial charge in [-0.15, -0.1) is 12.4 Å². The van der Waals surface area contributed by atoms with E-state index in [1.807, 2.05) is 36.2 Å². The third kappa shape index (κ3) is 3.36. The van der Waals surface area contributed by atoms with Gasteiger partial charge in [0.1, 0.15) is 5.69 Å². The standard InChI is InChI=1S/C15H19N3O2.ClH/c1-16-11-6-8-18(9-7-11)15(19)10-13-12-4-2-3-5-14(12)20-17-13;/h2-5,11,16H,6-10H2,1H3;1H. The molecule has 2 heterocycles. The highest BCUT2D eigenvalue weighted by Gasteiger charge is 2.23. The largest absolute Gasteiger partial charge is 0.356 e. The molecule has 0 spiro atoms. The number of para-hydroxylation sites is 1. The fourth-order valence-electron chi connectivity index (χ4n) is 2.74. The number of nitrogens with one attached hydrogen (secondary N) is 1. The second-order valence-electron chi connectivity index (χ2n) is 5.25. The third-order valence-electron chi connectivity index (χ3n) is 4.03. The summed E-state index contributed by atoms with van der Waals surface area (Å²) in [5.74, 6) is 0.138. The summed E-state index contributed by atoms with van der Waals surface area (Å²) in [7, 11) is 1.98. The maximum atomic E-state index is 12.3. The molecule has 1 aromatic carbocycles. The minimum Gasteiger partial charge on any atom is -0.356 e. The van der Waals surface area contributed by atoms with E-state index in [-0.39, 0.29) is 18.3 Å². The number of aromatic nitrogens is 1. The summed E-state index contributed by atoms with van der Waals surface area (Å²) in [6.07, 6.45) is 2.35. The zero-order valence-corrected chi connectivity index (χ0v) is 12.9. The van der Waals surface area contributed by atoms with Crippen molar-refractivity contribution in [2.24, 2.45) is 0 Å². The number of amides is 1. The second kappa shape index (κ2) is 6.91. The lowest BCUT2D eigenvalue weighted by Gasteiger charge is -2.31. The Labute approximate surface area is 130 Å². The predicted molar refractivity (Wildman–Crippen MR) is 83.6 cm³/mol. The van der Waals surface area contributed by atoms with Crippen molar-refractivity contribution >= 4 is 29.3 Å². The average molecular weight is 310 g/mol. The average Bonchev–Trinajstić information content (AvgIpc) is 2.91. The normalized spacial score (nSPS) is 16.0. The van der Waals surface area contributed by atoms with Gasteiger partial charge in [-0.2, -0.15) is 0 Å². The Morgan fingerprint density at radius 3 is 2.81 bits per heavy atom. The molecule has 1 N–H and O–H groups in total. The molecule has 0 atom stereocenters. The van der Waals surface area contributed by atoms with Crippen LogP contribution in [0.15, 0.2) is 28.8 Å². The molecule has 2 aromatic rings. The van der Waals surface area contributed by atoms with Gasteiger partial charge >= 0.3 is 0 Å². The van der Waals surface area contributed by atoms with Crippen LogP contribution >= 0.6 is 12.4 Å². The van der Waals surface area contributed by atoms with Crippen molar-refractivity contribution in [1.29, 1.82) is 0 Å². The number of nitrogens with zero attached hydrogens (tertiary/aromatic N) is 2. The molecule has 1 saturated heterocycles. The molecule has 3 rings (SSSR count). The molecule has 1 aliphatic rings. The highest BCUT2D eigenvalue weighted by atomic mass is 35.5. The number of likely N-dealkylation sites (tertiary alicyclic amines) is 1. The van der Waals surface area contributed by atoms with E-state index in [2.05, 4.69) is 10.5 Å². The molecule has 0 radical (unpaired) electrons. The summed E-state index contributed by atoms with van der Waals surface area (Å²) >= 11 is 0. The quantitative estimate of drug-likeness (QED) is 0.942. The summed E-state index contributed by atoms with van der Waals surface area (Å²) in [6.45, 7) is 1.64. The number of benzene rings is 1. The van der Waals surface area contributed by atoms with E-state index >= 15 is 0 Å². The smallest absolute Gasteiger partial charge is 0.228 e. The van der Waals surface area contributed by atoms with Gasteiger partial charge in [0.15, 0.2) is 5.58 Å². The Morgan fingerprint density at radius 1 is 1.38 bits per heavy atom. The molecule has 5 nitrogen and oxygen atoms in total. The van der Waals surface area contributed by atoms with Crippen molar-refractivity contribution in [2.45, 2.75) is 25.3 Å². The molecule has 1 fully saturated rings. The molecule has 1 aliphatic heterocycles. The minimum absolute atomic E-state index is 0. The molecule has 1 amide bonds. The van der Waals surface area contributed by atoms with E-state index in [1.165, 1.54) is 0 Å². The van der Waals surface area contributed by atoms with Gasteiger partial charge in [-0.1, -0.05) is 17.3 Å². The molecule has 0 saturated carbocycles. The highest BCUT2D eigenvalue weighted by Crippen LogP contribution is 2.19. The maximum absolute atomic E-state index is 12.3. The van der Waals surface area contributed by atoms with Crippen molar-refractivity contribution in [2.75, 3.05) is 20.1 Å². The topological polar surface area (TPSA) is 58.4 Å². The van der Waals surface area contributed by atoms with Crippen LogP contribution in [0.4, 0.5) is 0 Å². The van der Waals surface area contributed by atoms with Crippen LogP contribution in [0.1, 0.15) is 18.5 Å². The van der Waals surface area contributed by atoms with Crippen LogP contribution in [0, 0.1) is 0 Å². The Bertz CT molecular complexity index is 606. The molecule has 6 heteroatoms. The first-order valence-corrected chi connectivity index (χ1v) is 7.06. The van der Waals surface area contributed by atoms with Gasteiger partial charge in [0.05, 0.1) is 6.42 Å². The molecule has 114 valence electrons. The monoisotopic (exact) mass is 309 g/mol. The highest BCUT2D eigenvalue weighted by molar-refractivity contribution is 5.86. The number of fused-ring (bicyclic) bond motifs is 1. The van der Waals surface area contributed by atoms with E-state index in [1.54, 1.807) is 0 Å². The summed E-state index contributed by atoms with van der Waals surface area (Å²) < 4.78 is 5.24. The summed E-state index contributed by atoms with van der Waals surface area (Å²) in [4.78, 5) is 14.3. The van der Waals surface area contributed by atoms with Gasteiger partial charge in [-0.05, 0) is 32.0 Å². The Kier molecular flexibility index (Phi) is 5.20. The van der Waals surface area contributed by atoms with Gasteiger partial charge in [0, 0.05) is 24.5 Å². The number of hydrogen-bond donors (Lipinski definition) is 1. The molecule has 1 aromatic heterocycles. The van der Waals surface area contributed by atoms with Crippen molar-refractivity contribution in [3.63, 3.8) is 0 Å². The Hall–Kier alpha value is -1.59. The number of halogens is 1. The van der Waals surface area contributed by atoms with Crippen LogP contribution in [-0.4, -0.2) is 42.1 Å². The van der Waals surface area contributed by atoms with Crippen LogP contribution in [-0.2, 0) is 11.2 Å². The van der Waals surface area contributed by atoms with Crippen LogP contribution < -0.4 is 5.32 Å². The van der Waals surface area contributed by atoms with E-state index in [0.717, 1.165) is 42.6 Å². The lowest BCUT2D eigenvalue weighted by atomic mass is 10.0. The lowest BCUT2D eigenvalue weighted by molar-refractivity contribution is -0.131. The number of piperidine rings is 1. The van der Waals surface area contributed by atoms with Gasteiger partial charge in [0.2, 0.25) is 5.91 Å². The molecule has 0 bridgehead atoms. The first-order chi connectivity index (χ1) is 9.78. The van der Waals surface area contributed by atoms with E-state index in [4.69, 9.17) is 4.52 Å². The van der Waals surface area contributed by atoms with Gasteiger partial charge in [0.25, 0.3) is 0 Å². The van der Waals surface area contributed by atoms with Gasteiger partial charge in [-0.25, -0.2) is 0 Å². The molecular weight excluding hydrogens is 290 g/mol. The first-order valence-electron chi connectivity index (χ1n) is 7.06. The molecule has 21 heavy (non-hydrogen) atoms. The minimum atomic E-state index is 0. The summed E-state index contributed by atoms with van der Waals surface area (Å²) in [6, 6.07) is 8.19. The number of carbonyl (C=O) groups is 1. The van der Waals surface area contributed by atoms with Crippen molar-refractivity contribution < 1.29 is 9.32 Å². The lowest BCUT2D eigenvalue weighted by Crippen LogP contribution is -2.44. The predicted octanol–water partition coefficient (Wildman–Crippen LogP) is 2.00. The molecule has 0 aliphatic carbocycles. The fourth-order valence-corrected chi connectivity index (χ4v) is 2.74. The number of hydrogen-bond acceptors (Lipinski definition) is 4. The van der Waals surface area contributed by atoms with Crippen molar-refractivity contribution in [3.8, 4) is 0 Å².